The van der Waals surface area contributed by atoms with Crippen LogP contribution in [0.15, 0.2) is 0 Å². The van der Waals surface area contributed by atoms with Crippen molar-refractivity contribution < 1.29 is 0 Å². The molecule has 0 spiro atoms. The highest BCUT2D eigenvalue weighted by atomic mass is 14.9. The molecule has 0 heterocycles. The SMILES string of the molecule is CNC1C[C@H]2C[C@@H]([C@H]1C)C2(C)C. The summed E-state index contributed by atoms with van der Waals surface area (Å²) in [6.45, 7) is 7.32. The van der Waals surface area contributed by atoms with Gasteiger partial charge in [0.15, 0.2) is 0 Å². The molecule has 4 atom stereocenters. The van der Waals surface area contributed by atoms with Crippen LogP contribution in [0.3, 0.4) is 0 Å². The third kappa shape index (κ3) is 0.891. The molecule has 0 saturated heterocycles. The van der Waals surface area contributed by atoms with Crippen molar-refractivity contribution in [3.63, 3.8) is 0 Å². The lowest BCUT2D eigenvalue weighted by Crippen LogP contribution is -2.59. The number of nitrogens with one attached hydrogen (secondary N) is 1. The monoisotopic (exact) mass is 167 g/mol. The maximum Gasteiger partial charge on any atom is 0.00953 e. The maximum absolute atomic E-state index is 3.45. The molecule has 3 rings (SSSR count). The molecular formula is C11H21N. The van der Waals surface area contributed by atoms with E-state index in [1.165, 1.54) is 12.8 Å². The lowest BCUT2D eigenvalue weighted by molar-refractivity contribution is -0.113. The summed E-state index contributed by atoms with van der Waals surface area (Å²) in [5.74, 6) is 2.86. The fraction of sp³-hybridized carbons (Fsp3) is 1.00. The molecule has 1 N–H and O–H groups in total. The molecule has 1 heteroatoms. The van der Waals surface area contributed by atoms with E-state index in [0.717, 1.165) is 23.8 Å². The Balaban J connectivity index is 2.11. The zero-order chi connectivity index (χ0) is 8.93. The van der Waals surface area contributed by atoms with Crippen molar-refractivity contribution in [2.24, 2.45) is 23.2 Å². The van der Waals surface area contributed by atoms with Gasteiger partial charge in [-0.2, -0.15) is 0 Å². The summed E-state index contributed by atoms with van der Waals surface area (Å²) in [7, 11) is 2.11. The van der Waals surface area contributed by atoms with Crippen LogP contribution in [0.25, 0.3) is 0 Å². The van der Waals surface area contributed by atoms with E-state index in [9.17, 15) is 0 Å². The van der Waals surface area contributed by atoms with Gasteiger partial charge in [0.25, 0.3) is 0 Å². The largest absolute Gasteiger partial charge is 0.317 e. The van der Waals surface area contributed by atoms with Gasteiger partial charge in [0.1, 0.15) is 0 Å². The average molecular weight is 167 g/mol. The van der Waals surface area contributed by atoms with Gasteiger partial charge in [0.2, 0.25) is 0 Å². The van der Waals surface area contributed by atoms with Gasteiger partial charge >= 0.3 is 0 Å². The van der Waals surface area contributed by atoms with Gasteiger partial charge in [-0.3, -0.25) is 0 Å². The Labute approximate surface area is 75.9 Å². The molecule has 0 aromatic rings. The van der Waals surface area contributed by atoms with E-state index in [4.69, 9.17) is 0 Å². The molecule has 12 heavy (non-hydrogen) atoms. The third-order valence-corrected chi connectivity index (χ3v) is 4.72. The van der Waals surface area contributed by atoms with E-state index in [-0.39, 0.29) is 0 Å². The molecule has 2 bridgehead atoms. The Morgan fingerprint density at radius 1 is 1.25 bits per heavy atom. The minimum absolute atomic E-state index is 0.646. The summed E-state index contributed by atoms with van der Waals surface area (Å²) in [6, 6.07) is 0.793. The van der Waals surface area contributed by atoms with Gasteiger partial charge in [0, 0.05) is 6.04 Å². The molecule has 1 unspecified atom stereocenters. The molecule has 1 nitrogen and oxygen atoms in total. The molecule has 0 radical (unpaired) electrons. The van der Waals surface area contributed by atoms with Crippen molar-refractivity contribution in [2.75, 3.05) is 7.05 Å². The summed E-state index contributed by atoms with van der Waals surface area (Å²) < 4.78 is 0. The Hall–Kier alpha value is -0.0400. The Kier molecular flexibility index (Phi) is 1.76. The normalized spacial score (nSPS) is 50.0. The second-order valence-corrected chi connectivity index (χ2v) is 5.35. The van der Waals surface area contributed by atoms with Crippen LogP contribution in [0.2, 0.25) is 0 Å². The first-order valence-electron chi connectivity index (χ1n) is 5.24. The van der Waals surface area contributed by atoms with E-state index in [2.05, 4.69) is 33.1 Å². The minimum atomic E-state index is 0.646. The van der Waals surface area contributed by atoms with Crippen molar-refractivity contribution >= 4 is 0 Å². The van der Waals surface area contributed by atoms with Gasteiger partial charge in [-0.1, -0.05) is 20.8 Å². The van der Waals surface area contributed by atoms with Crippen molar-refractivity contribution in [3.05, 3.63) is 0 Å². The molecule has 3 saturated carbocycles. The first-order chi connectivity index (χ1) is 5.57. The number of rotatable bonds is 1. The lowest BCUT2D eigenvalue weighted by atomic mass is 9.45. The van der Waals surface area contributed by atoms with Gasteiger partial charge in [0.05, 0.1) is 0 Å². The third-order valence-electron chi connectivity index (χ3n) is 4.72. The second kappa shape index (κ2) is 2.47. The lowest BCUT2D eigenvalue weighted by Gasteiger charge is -2.62. The molecule has 0 amide bonds. The molecule has 0 aliphatic heterocycles. The zero-order valence-electron chi connectivity index (χ0n) is 8.72. The topological polar surface area (TPSA) is 12.0 Å². The zero-order valence-corrected chi connectivity index (χ0v) is 8.72. The highest BCUT2D eigenvalue weighted by Gasteiger charge is 2.55. The van der Waals surface area contributed by atoms with Crippen molar-refractivity contribution in [2.45, 2.75) is 39.7 Å². The van der Waals surface area contributed by atoms with E-state index in [1.807, 2.05) is 0 Å². The molecule has 0 aromatic carbocycles. The molecule has 70 valence electrons. The number of hydrogen-bond acceptors (Lipinski definition) is 1. The average Bonchev–Trinajstić information content (AvgIpc) is 2.03. The molecule has 3 fully saturated rings. The Morgan fingerprint density at radius 3 is 2.33 bits per heavy atom. The number of fused-ring (bicyclic) bond motifs is 2. The van der Waals surface area contributed by atoms with Crippen LogP contribution in [0, 0.1) is 23.2 Å². The Bertz CT molecular complexity index is 185. The second-order valence-electron chi connectivity index (χ2n) is 5.35. The van der Waals surface area contributed by atoms with E-state index < -0.39 is 0 Å². The van der Waals surface area contributed by atoms with Crippen LogP contribution in [0.1, 0.15) is 33.6 Å². The summed E-state index contributed by atoms with van der Waals surface area (Å²) in [5, 5.41) is 3.45. The van der Waals surface area contributed by atoms with E-state index in [1.54, 1.807) is 0 Å². The minimum Gasteiger partial charge on any atom is -0.317 e. The van der Waals surface area contributed by atoms with Crippen LogP contribution < -0.4 is 5.32 Å². The fourth-order valence-electron chi connectivity index (χ4n) is 3.53. The van der Waals surface area contributed by atoms with Crippen LogP contribution in [0.4, 0.5) is 0 Å². The summed E-state index contributed by atoms with van der Waals surface area (Å²) >= 11 is 0. The predicted octanol–water partition coefficient (Wildman–Crippen LogP) is 2.28. The summed E-state index contributed by atoms with van der Waals surface area (Å²) in [4.78, 5) is 0. The van der Waals surface area contributed by atoms with Crippen LogP contribution in [-0.4, -0.2) is 13.1 Å². The van der Waals surface area contributed by atoms with Crippen molar-refractivity contribution in [1.29, 1.82) is 0 Å². The fourth-order valence-corrected chi connectivity index (χ4v) is 3.53. The van der Waals surface area contributed by atoms with Crippen molar-refractivity contribution in [1.82, 2.24) is 5.32 Å². The first-order valence-corrected chi connectivity index (χ1v) is 5.24. The molecular weight excluding hydrogens is 146 g/mol. The van der Waals surface area contributed by atoms with E-state index in [0.29, 0.717) is 5.41 Å². The highest BCUT2D eigenvalue weighted by molar-refractivity contribution is 5.06. The van der Waals surface area contributed by atoms with Gasteiger partial charge in [-0.05, 0) is 43.1 Å². The number of hydrogen-bond donors (Lipinski definition) is 1. The summed E-state index contributed by atoms with van der Waals surface area (Å²) in [6.07, 6.45) is 2.90. The first kappa shape index (κ1) is 8.55. The maximum atomic E-state index is 3.45. The van der Waals surface area contributed by atoms with Crippen LogP contribution in [0.5, 0.6) is 0 Å². The van der Waals surface area contributed by atoms with Gasteiger partial charge in [-0.25, -0.2) is 0 Å². The van der Waals surface area contributed by atoms with Gasteiger partial charge < -0.3 is 5.32 Å². The predicted molar refractivity (Wildman–Crippen MR) is 52.0 cm³/mol. The summed E-state index contributed by atoms with van der Waals surface area (Å²) in [5.41, 5.74) is 0.646. The van der Waals surface area contributed by atoms with Crippen molar-refractivity contribution in [3.8, 4) is 0 Å². The molecule has 0 aromatic heterocycles. The molecule has 3 aliphatic rings. The smallest absolute Gasteiger partial charge is 0.00953 e. The van der Waals surface area contributed by atoms with E-state index >= 15 is 0 Å². The Morgan fingerprint density at radius 2 is 1.92 bits per heavy atom. The molecule has 3 aliphatic carbocycles. The van der Waals surface area contributed by atoms with Crippen LogP contribution in [-0.2, 0) is 0 Å². The van der Waals surface area contributed by atoms with Gasteiger partial charge in [-0.15, -0.1) is 0 Å². The highest BCUT2D eigenvalue weighted by Crippen LogP contribution is 2.61. The quantitative estimate of drug-likeness (QED) is 0.632. The standard InChI is InChI=1S/C11H21N/c1-7-9-5-8(11(9,2)3)6-10(7)12-4/h7-10,12H,5-6H2,1-4H3/t7-,8-,9+,10?/m1/s1. The van der Waals surface area contributed by atoms with Crippen LogP contribution >= 0.6 is 0 Å².